The topological polar surface area (TPSA) is 83.9 Å². The van der Waals surface area contributed by atoms with Crippen molar-refractivity contribution in [2.75, 3.05) is 13.1 Å². The molecule has 3 aromatic rings. The molecule has 8 heteroatoms. The molecule has 1 aliphatic rings. The number of hydrogen-bond acceptors (Lipinski definition) is 4. The molecule has 0 saturated carbocycles. The Morgan fingerprint density at radius 1 is 1.41 bits per heavy atom. The Morgan fingerprint density at radius 2 is 2.21 bits per heavy atom. The van der Waals surface area contributed by atoms with Gasteiger partial charge in [-0.25, -0.2) is 0 Å². The van der Waals surface area contributed by atoms with Gasteiger partial charge in [0.1, 0.15) is 0 Å². The number of likely N-dealkylation sites (tertiary alicyclic amines) is 1. The van der Waals surface area contributed by atoms with Crippen molar-refractivity contribution >= 4 is 28.4 Å². The fourth-order valence-corrected chi connectivity index (χ4v) is 4.18. The van der Waals surface area contributed by atoms with E-state index in [4.69, 9.17) is 11.6 Å². The third-order valence-corrected chi connectivity index (χ3v) is 6.28. The van der Waals surface area contributed by atoms with Gasteiger partial charge in [0.15, 0.2) is 0 Å². The van der Waals surface area contributed by atoms with Crippen LogP contribution < -0.4 is 5.56 Å². The molecule has 4 rings (SSSR count). The second kappa shape index (κ2) is 7.63. The van der Waals surface area contributed by atoms with Crippen LogP contribution >= 0.6 is 11.6 Å². The van der Waals surface area contributed by atoms with Gasteiger partial charge in [-0.15, -0.1) is 0 Å². The average molecular weight is 414 g/mol. The van der Waals surface area contributed by atoms with E-state index in [0.717, 1.165) is 23.5 Å². The van der Waals surface area contributed by atoms with E-state index in [9.17, 15) is 9.59 Å². The number of fused-ring (bicyclic) bond motifs is 1. The van der Waals surface area contributed by atoms with Crippen LogP contribution in [0.15, 0.2) is 29.2 Å². The number of rotatable bonds is 4. The lowest BCUT2D eigenvalue weighted by atomic mass is 10.0. The summed E-state index contributed by atoms with van der Waals surface area (Å²) in [4.78, 5) is 34.5. The van der Waals surface area contributed by atoms with Crippen molar-refractivity contribution < 1.29 is 4.79 Å². The first-order chi connectivity index (χ1) is 13.8. The van der Waals surface area contributed by atoms with Gasteiger partial charge in [-0.2, -0.15) is 5.10 Å². The van der Waals surface area contributed by atoms with Crippen LogP contribution in [0.4, 0.5) is 0 Å². The molecule has 7 nitrogen and oxygen atoms in total. The number of aryl methyl sites for hydroxylation is 1. The van der Waals surface area contributed by atoms with Gasteiger partial charge < -0.3 is 9.88 Å². The van der Waals surface area contributed by atoms with E-state index in [0.29, 0.717) is 35.6 Å². The van der Waals surface area contributed by atoms with Crippen molar-refractivity contribution in [1.82, 2.24) is 24.6 Å². The number of halogens is 1. The number of carbonyl (C=O) groups excluding carboxylic acids is 1. The molecule has 0 spiro atoms. The lowest BCUT2D eigenvalue weighted by Crippen LogP contribution is -2.35. The Bertz CT molecular complexity index is 1140. The fraction of sp³-hybridized carbons (Fsp3) is 0.429. The largest absolute Gasteiger partial charge is 0.342 e. The molecule has 3 aromatic heterocycles. The van der Waals surface area contributed by atoms with E-state index in [1.807, 2.05) is 31.7 Å². The SMILES string of the molecule is Cc1nn(C[C@H](C)C(=O)N2CC[C@H](c3cc4ncccc4c(=O)[nH]3)C2)c(C)c1Cl. The standard InChI is InChI=1S/C21H24ClN5O2/c1-12(10-27-14(3)19(22)13(2)25-27)21(29)26-8-6-15(11-26)17-9-18-16(20(28)24-17)5-4-7-23-18/h4-5,7,9,12,15H,6,8,10-11H2,1-3H3,(H,24,28)/t12-,15-/m0/s1. The first kappa shape index (κ1) is 19.6. The number of hydrogen-bond donors (Lipinski definition) is 1. The van der Waals surface area contributed by atoms with Crippen molar-refractivity contribution in [2.24, 2.45) is 5.92 Å². The molecule has 1 saturated heterocycles. The third kappa shape index (κ3) is 3.67. The fourth-order valence-electron chi connectivity index (χ4n) is 4.04. The molecule has 1 amide bonds. The maximum Gasteiger partial charge on any atom is 0.257 e. The summed E-state index contributed by atoms with van der Waals surface area (Å²) >= 11 is 6.22. The number of aromatic amines is 1. The zero-order chi connectivity index (χ0) is 20.7. The normalized spacial score (nSPS) is 17.8. The first-order valence-electron chi connectivity index (χ1n) is 9.81. The number of pyridine rings is 2. The van der Waals surface area contributed by atoms with Gasteiger partial charge in [0, 0.05) is 30.9 Å². The summed E-state index contributed by atoms with van der Waals surface area (Å²) in [7, 11) is 0. The van der Waals surface area contributed by atoms with E-state index in [-0.39, 0.29) is 23.3 Å². The molecule has 0 bridgehead atoms. The van der Waals surface area contributed by atoms with Crippen LogP contribution in [0.3, 0.4) is 0 Å². The maximum atomic E-state index is 13.0. The summed E-state index contributed by atoms with van der Waals surface area (Å²) < 4.78 is 1.81. The summed E-state index contributed by atoms with van der Waals surface area (Å²) in [6.45, 7) is 7.46. The van der Waals surface area contributed by atoms with Crippen molar-refractivity contribution in [3.63, 3.8) is 0 Å². The monoisotopic (exact) mass is 413 g/mol. The molecule has 0 radical (unpaired) electrons. The highest BCUT2D eigenvalue weighted by atomic mass is 35.5. The van der Waals surface area contributed by atoms with Crippen LogP contribution in [0, 0.1) is 19.8 Å². The number of aromatic nitrogens is 4. The van der Waals surface area contributed by atoms with Crippen LogP contribution in [0.25, 0.3) is 10.9 Å². The predicted octanol–water partition coefficient (Wildman–Crippen LogP) is 3.04. The minimum Gasteiger partial charge on any atom is -0.342 e. The molecule has 29 heavy (non-hydrogen) atoms. The summed E-state index contributed by atoms with van der Waals surface area (Å²) in [6, 6.07) is 5.45. The van der Waals surface area contributed by atoms with Crippen molar-refractivity contribution in [1.29, 1.82) is 0 Å². The van der Waals surface area contributed by atoms with Gasteiger partial charge in [0.05, 0.1) is 39.8 Å². The van der Waals surface area contributed by atoms with Crippen LogP contribution in [0.2, 0.25) is 5.02 Å². The van der Waals surface area contributed by atoms with E-state index >= 15 is 0 Å². The average Bonchev–Trinajstić information content (AvgIpc) is 3.29. The number of carbonyl (C=O) groups is 1. The minimum atomic E-state index is -0.208. The van der Waals surface area contributed by atoms with Crippen molar-refractivity contribution in [2.45, 2.75) is 39.7 Å². The second-order valence-electron chi connectivity index (χ2n) is 7.83. The number of nitrogens with zero attached hydrogens (tertiary/aromatic N) is 4. The van der Waals surface area contributed by atoms with Gasteiger partial charge in [0.2, 0.25) is 5.91 Å². The number of H-pyrrole nitrogens is 1. The van der Waals surface area contributed by atoms with Crippen LogP contribution in [0.5, 0.6) is 0 Å². The third-order valence-electron chi connectivity index (χ3n) is 5.73. The van der Waals surface area contributed by atoms with Gasteiger partial charge in [0.25, 0.3) is 5.56 Å². The van der Waals surface area contributed by atoms with E-state index in [2.05, 4.69) is 15.1 Å². The molecule has 0 aromatic carbocycles. The summed E-state index contributed by atoms with van der Waals surface area (Å²) in [5.41, 5.74) is 3.05. The highest BCUT2D eigenvalue weighted by Gasteiger charge is 2.31. The van der Waals surface area contributed by atoms with E-state index in [1.165, 1.54) is 0 Å². The summed E-state index contributed by atoms with van der Waals surface area (Å²) in [5.74, 6) is -0.00837. The molecule has 152 valence electrons. The molecule has 0 aliphatic carbocycles. The number of amides is 1. The Morgan fingerprint density at radius 3 is 2.93 bits per heavy atom. The number of nitrogens with one attached hydrogen (secondary N) is 1. The van der Waals surface area contributed by atoms with Gasteiger partial charge in [-0.3, -0.25) is 19.3 Å². The van der Waals surface area contributed by atoms with E-state index < -0.39 is 0 Å². The van der Waals surface area contributed by atoms with Gasteiger partial charge in [-0.1, -0.05) is 18.5 Å². The lowest BCUT2D eigenvalue weighted by molar-refractivity contribution is -0.134. The zero-order valence-corrected chi connectivity index (χ0v) is 17.5. The van der Waals surface area contributed by atoms with Crippen molar-refractivity contribution in [3.8, 4) is 0 Å². The molecule has 4 heterocycles. The molecular weight excluding hydrogens is 390 g/mol. The lowest BCUT2D eigenvalue weighted by Gasteiger charge is -2.21. The zero-order valence-electron chi connectivity index (χ0n) is 16.8. The van der Waals surface area contributed by atoms with Crippen LogP contribution in [0.1, 0.15) is 36.3 Å². The second-order valence-corrected chi connectivity index (χ2v) is 8.21. The quantitative estimate of drug-likeness (QED) is 0.712. The molecule has 2 atom stereocenters. The van der Waals surface area contributed by atoms with Crippen LogP contribution in [-0.4, -0.2) is 43.6 Å². The Labute approximate surface area is 173 Å². The predicted molar refractivity (Wildman–Crippen MR) is 112 cm³/mol. The Kier molecular flexibility index (Phi) is 5.17. The Balaban J connectivity index is 1.47. The summed E-state index contributed by atoms with van der Waals surface area (Å²) in [6.07, 6.45) is 2.50. The molecule has 1 aliphatic heterocycles. The van der Waals surface area contributed by atoms with E-state index in [1.54, 1.807) is 23.0 Å². The van der Waals surface area contributed by atoms with Gasteiger partial charge >= 0.3 is 0 Å². The molecule has 1 N–H and O–H groups in total. The Hall–Kier alpha value is -2.67. The highest BCUT2D eigenvalue weighted by Crippen LogP contribution is 2.28. The molecular formula is C21H24ClN5O2. The molecule has 0 unspecified atom stereocenters. The van der Waals surface area contributed by atoms with Crippen molar-refractivity contribution in [3.05, 3.63) is 56.9 Å². The highest BCUT2D eigenvalue weighted by molar-refractivity contribution is 6.31. The molecule has 1 fully saturated rings. The maximum absolute atomic E-state index is 13.0. The van der Waals surface area contributed by atoms with Crippen LogP contribution in [-0.2, 0) is 11.3 Å². The first-order valence-corrected chi connectivity index (χ1v) is 10.2. The minimum absolute atomic E-state index is 0.0948. The smallest absolute Gasteiger partial charge is 0.257 e. The summed E-state index contributed by atoms with van der Waals surface area (Å²) in [5, 5.41) is 5.66. The van der Waals surface area contributed by atoms with Gasteiger partial charge in [-0.05, 0) is 38.5 Å².